The molecule has 2 aromatic carbocycles. The van der Waals surface area contributed by atoms with Crippen LogP contribution in [0.3, 0.4) is 0 Å². The van der Waals surface area contributed by atoms with Crippen molar-refractivity contribution in [2.75, 3.05) is 19.6 Å². The normalized spacial score (nSPS) is 10.5. The number of nitro groups is 1. The molecule has 2 aromatic rings. The maximum Gasteiger partial charge on any atom is 0.340 e. The third-order valence-electron chi connectivity index (χ3n) is 3.28. The summed E-state index contributed by atoms with van der Waals surface area (Å²) in [5.74, 6) is -0.892. The van der Waals surface area contributed by atoms with Crippen molar-refractivity contribution in [3.8, 4) is 11.5 Å². The van der Waals surface area contributed by atoms with Crippen molar-refractivity contribution in [3.63, 3.8) is 0 Å². The van der Waals surface area contributed by atoms with Gasteiger partial charge in [0.1, 0.15) is 11.3 Å². The van der Waals surface area contributed by atoms with E-state index in [9.17, 15) is 20.0 Å². The van der Waals surface area contributed by atoms with Crippen LogP contribution in [0.15, 0.2) is 41.5 Å². The second-order valence-electron chi connectivity index (χ2n) is 4.71. The van der Waals surface area contributed by atoms with Crippen LogP contribution in [-0.4, -0.2) is 36.4 Å². The minimum absolute atomic E-state index is 0.0599. The number of carbonyl (C=O) groups is 1. The molecule has 0 aliphatic rings. The number of anilines is 1. The number of para-hydroxylation sites is 2. The summed E-state index contributed by atoms with van der Waals surface area (Å²) in [7, 11) is 2.73. The Morgan fingerprint density at radius 2 is 1.96 bits per heavy atom. The van der Waals surface area contributed by atoms with Crippen molar-refractivity contribution < 1.29 is 24.3 Å². The zero-order valence-electron chi connectivity index (χ0n) is 13.4. The molecule has 0 radical (unpaired) electrons. The quantitative estimate of drug-likeness (QED) is 0.449. The smallest absolute Gasteiger partial charge is 0.340 e. The van der Waals surface area contributed by atoms with Crippen LogP contribution in [0, 0.1) is 10.1 Å². The molecule has 0 saturated carbocycles. The van der Waals surface area contributed by atoms with Crippen molar-refractivity contribution in [2.24, 2.45) is 5.10 Å². The van der Waals surface area contributed by atoms with Crippen molar-refractivity contribution in [1.29, 1.82) is 0 Å². The highest BCUT2D eigenvalue weighted by Gasteiger charge is 2.20. The number of rotatable bonds is 7. The Bertz CT molecular complexity index is 835. The van der Waals surface area contributed by atoms with Crippen LogP contribution in [0.1, 0.15) is 15.9 Å². The molecule has 0 saturated heterocycles. The first-order valence-corrected chi connectivity index (χ1v) is 7.00. The molecule has 0 unspecified atom stereocenters. The molecule has 2 N–H and O–H groups in total. The first-order chi connectivity index (χ1) is 12.0. The van der Waals surface area contributed by atoms with Crippen molar-refractivity contribution in [2.45, 2.75) is 0 Å². The summed E-state index contributed by atoms with van der Waals surface area (Å²) in [5.41, 5.74) is 2.69. The van der Waals surface area contributed by atoms with Gasteiger partial charge in [-0.05, 0) is 18.2 Å². The first-order valence-electron chi connectivity index (χ1n) is 7.00. The van der Waals surface area contributed by atoms with Gasteiger partial charge in [0.25, 0.3) is 5.69 Å². The minimum Gasteiger partial charge on any atom is -0.493 e. The van der Waals surface area contributed by atoms with Crippen LogP contribution in [0.4, 0.5) is 11.4 Å². The van der Waals surface area contributed by atoms with Gasteiger partial charge in [0.2, 0.25) is 0 Å². The molecular formula is C16H15N3O6. The number of ether oxygens (including phenoxy) is 2. The molecule has 25 heavy (non-hydrogen) atoms. The van der Waals surface area contributed by atoms with Gasteiger partial charge in [-0.2, -0.15) is 5.10 Å². The molecule has 0 amide bonds. The molecule has 9 nitrogen and oxygen atoms in total. The highest BCUT2D eigenvalue weighted by molar-refractivity contribution is 6.02. The minimum atomic E-state index is -1.22. The fourth-order valence-electron chi connectivity index (χ4n) is 2.17. The van der Waals surface area contributed by atoms with E-state index in [0.717, 1.165) is 0 Å². The standard InChI is InChI=1S/C16H15N3O6/c1-24-13-8-7-10(14(16(20)21)15(13)25-2)9-17-18-11-5-3-4-6-12(11)19(22)23/h3-9,18H,1-2H3,(H,20,21)/b17-9+. The Balaban J connectivity index is 2.36. The average Bonchev–Trinajstić information content (AvgIpc) is 2.61. The Morgan fingerprint density at radius 3 is 2.56 bits per heavy atom. The number of aromatic carboxylic acids is 1. The lowest BCUT2D eigenvalue weighted by molar-refractivity contribution is -0.384. The predicted molar refractivity (Wildman–Crippen MR) is 90.8 cm³/mol. The number of nitrogens with zero attached hydrogens (tertiary/aromatic N) is 2. The molecule has 0 bridgehead atoms. The molecular weight excluding hydrogens is 330 g/mol. The third-order valence-corrected chi connectivity index (χ3v) is 3.28. The van der Waals surface area contributed by atoms with Crippen LogP contribution >= 0.6 is 0 Å². The highest BCUT2D eigenvalue weighted by Crippen LogP contribution is 2.33. The topological polar surface area (TPSA) is 123 Å². The number of hydrogen-bond acceptors (Lipinski definition) is 7. The molecule has 0 heterocycles. The molecule has 0 aromatic heterocycles. The van der Waals surface area contributed by atoms with Gasteiger partial charge in [-0.25, -0.2) is 4.79 Å². The summed E-state index contributed by atoms with van der Waals surface area (Å²) in [6.45, 7) is 0. The predicted octanol–water partition coefficient (Wildman–Crippen LogP) is 2.76. The van der Waals surface area contributed by atoms with E-state index in [4.69, 9.17) is 9.47 Å². The second kappa shape index (κ2) is 7.77. The number of nitrogens with one attached hydrogen (secondary N) is 1. The van der Waals surface area contributed by atoms with Gasteiger partial charge in [0, 0.05) is 11.6 Å². The third kappa shape index (κ3) is 3.83. The largest absolute Gasteiger partial charge is 0.493 e. The zero-order valence-corrected chi connectivity index (χ0v) is 13.4. The van der Waals surface area contributed by atoms with E-state index in [1.807, 2.05) is 0 Å². The van der Waals surface area contributed by atoms with E-state index in [-0.39, 0.29) is 34.0 Å². The van der Waals surface area contributed by atoms with Gasteiger partial charge >= 0.3 is 5.97 Å². The van der Waals surface area contributed by atoms with E-state index < -0.39 is 10.9 Å². The number of carboxylic acid groups (broad SMARTS) is 1. The Hall–Kier alpha value is -3.62. The lowest BCUT2D eigenvalue weighted by Crippen LogP contribution is -2.07. The van der Waals surface area contributed by atoms with Crippen LogP contribution in [0.5, 0.6) is 11.5 Å². The van der Waals surface area contributed by atoms with Gasteiger partial charge in [-0.1, -0.05) is 12.1 Å². The van der Waals surface area contributed by atoms with E-state index in [1.54, 1.807) is 6.07 Å². The number of methoxy groups -OCH3 is 2. The fourth-order valence-corrected chi connectivity index (χ4v) is 2.17. The van der Waals surface area contributed by atoms with E-state index in [0.29, 0.717) is 0 Å². The fraction of sp³-hybridized carbons (Fsp3) is 0.125. The average molecular weight is 345 g/mol. The van der Waals surface area contributed by atoms with Crippen LogP contribution in [0.2, 0.25) is 0 Å². The Kier molecular flexibility index (Phi) is 5.51. The maximum absolute atomic E-state index is 11.5. The monoisotopic (exact) mass is 345 g/mol. The Labute approximate surface area is 142 Å². The number of nitro benzene ring substituents is 1. The lowest BCUT2D eigenvalue weighted by atomic mass is 10.1. The molecule has 0 atom stereocenters. The molecule has 0 spiro atoms. The number of carboxylic acids is 1. The van der Waals surface area contributed by atoms with Crippen molar-refractivity contribution in [1.82, 2.24) is 0 Å². The van der Waals surface area contributed by atoms with E-state index in [2.05, 4.69) is 10.5 Å². The SMILES string of the molecule is COc1ccc(/C=N/Nc2ccccc2[N+](=O)[O-])c(C(=O)O)c1OC. The molecule has 2 rings (SSSR count). The molecule has 0 aliphatic heterocycles. The molecule has 130 valence electrons. The summed E-state index contributed by atoms with van der Waals surface area (Å²) >= 11 is 0. The van der Waals surface area contributed by atoms with Crippen LogP contribution in [0.25, 0.3) is 0 Å². The number of hydrazone groups is 1. The number of hydrogen-bond donors (Lipinski definition) is 2. The molecule has 0 fully saturated rings. The van der Waals surface area contributed by atoms with Gasteiger partial charge in [0.15, 0.2) is 11.5 Å². The summed E-state index contributed by atoms with van der Waals surface area (Å²) < 4.78 is 10.2. The van der Waals surface area contributed by atoms with Crippen LogP contribution in [-0.2, 0) is 0 Å². The van der Waals surface area contributed by atoms with Gasteiger partial charge in [-0.15, -0.1) is 0 Å². The van der Waals surface area contributed by atoms with E-state index in [1.165, 1.54) is 50.8 Å². The molecule has 9 heteroatoms. The zero-order chi connectivity index (χ0) is 18.4. The van der Waals surface area contributed by atoms with Gasteiger partial charge in [0.05, 0.1) is 25.4 Å². The summed E-state index contributed by atoms with van der Waals surface area (Å²) in [5, 5.41) is 24.3. The lowest BCUT2D eigenvalue weighted by Gasteiger charge is -2.12. The number of benzene rings is 2. The Morgan fingerprint density at radius 1 is 1.24 bits per heavy atom. The van der Waals surface area contributed by atoms with Gasteiger partial charge in [-0.3, -0.25) is 15.5 Å². The van der Waals surface area contributed by atoms with E-state index >= 15 is 0 Å². The maximum atomic E-state index is 11.5. The highest BCUT2D eigenvalue weighted by atomic mass is 16.6. The van der Waals surface area contributed by atoms with Crippen LogP contribution < -0.4 is 14.9 Å². The second-order valence-corrected chi connectivity index (χ2v) is 4.71. The summed E-state index contributed by atoms with van der Waals surface area (Å²) in [6, 6.07) is 9.00. The summed E-state index contributed by atoms with van der Waals surface area (Å²) in [6.07, 6.45) is 1.24. The van der Waals surface area contributed by atoms with Crippen molar-refractivity contribution >= 4 is 23.6 Å². The van der Waals surface area contributed by atoms with Gasteiger partial charge < -0.3 is 14.6 Å². The molecule has 0 aliphatic carbocycles. The van der Waals surface area contributed by atoms with Crippen molar-refractivity contribution in [3.05, 3.63) is 57.6 Å². The first kappa shape index (κ1) is 17.7. The summed E-state index contributed by atoms with van der Waals surface area (Å²) in [4.78, 5) is 22.0.